The molecule has 21 heavy (non-hydrogen) atoms. The lowest BCUT2D eigenvalue weighted by atomic mass is 9.95. The van der Waals surface area contributed by atoms with Gasteiger partial charge >= 0.3 is 0 Å². The average Bonchev–Trinajstić information content (AvgIpc) is 3.02. The number of nitrogens with zero attached hydrogens (tertiary/aromatic N) is 4. The molecule has 0 aromatic carbocycles. The summed E-state index contributed by atoms with van der Waals surface area (Å²) in [5.41, 5.74) is 0. The van der Waals surface area contributed by atoms with E-state index in [0.29, 0.717) is 19.0 Å². The second-order valence-electron chi connectivity index (χ2n) is 5.37. The van der Waals surface area contributed by atoms with Crippen LogP contribution in [0, 0.1) is 5.92 Å². The summed E-state index contributed by atoms with van der Waals surface area (Å²) in [5, 5.41) is 0.115. The molecule has 112 valence electrons. The highest BCUT2D eigenvalue weighted by atomic mass is 32.2. The van der Waals surface area contributed by atoms with Gasteiger partial charge in [-0.05, 0) is 24.5 Å². The minimum absolute atomic E-state index is 0.111. The zero-order chi connectivity index (χ0) is 14.9. The first-order valence-electron chi connectivity index (χ1n) is 6.97. The molecule has 1 saturated heterocycles. The van der Waals surface area contributed by atoms with E-state index in [0.717, 1.165) is 6.42 Å². The van der Waals surface area contributed by atoms with Crippen molar-refractivity contribution in [2.75, 3.05) is 13.1 Å². The van der Waals surface area contributed by atoms with Crippen LogP contribution in [0.5, 0.6) is 0 Å². The third kappa shape index (κ3) is 2.71. The summed E-state index contributed by atoms with van der Waals surface area (Å²) in [6.45, 7) is 3.14. The van der Waals surface area contributed by atoms with Crippen LogP contribution < -0.4 is 0 Å². The number of hydrogen-bond donors (Lipinski definition) is 0. The molecule has 0 bridgehead atoms. The summed E-state index contributed by atoms with van der Waals surface area (Å²) < 4.78 is 28.8. The van der Waals surface area contributed by atoms with Gasteiger partial charge in [0.2, 0.25) is 0 Å². The monoisotopic (exact) mass is 306 g/mol. The van der Waals surface area contributed by atoms with Gasteiger partial charge in [-0.3, -0.25) is 0 Å². The van der Waals surface area contributed by atoms with E-state index in [1.807, 2.05) is 10.8 Å². The molecule has 0 saturated carbocycles. The topological polar surface area (TPSA) is 68.1 Å². The molecule has 2 atom stereocenters. The fourth-order valence-corrected chi connectivity index (χ4v) is 4.13. The highest BCUT2D eigenvalue weighted by Gasteiger charge is 2.34. The first-order valence-corrected chi connectivity index (χ1v) is 8.41. The van der Waals surface area contributed by atoms with Crippen LogP contribution in [-0.2, 0) is 10.0 Å². The Labute approximate surface area is 124 Å². The van der Waals surface area contributed by atoms with E-state index in [2.05, 4.69) is 16.9 Å². The normalized spacial score (nSPS) is 24.0. The van der Waals surface area contributed by atoms with Crippen LogP contribution in [-0.4, -0.2) is 40.3 Å². The number of rotatable bonds is 3. The summed E-state index contributed by atoms with van der Waals surface area (Å²) in [6, 6.07) is 5.06. The van der Waals surface area contributed by atoms with Crippen molar-refractivity contribution < 1.29 is 8.42 Å². The molecule has 1 aliphatic heterocycles. The third-order valence-corrected chi connectivity index (χ3v) is 5.81. The number of pyridine rings is 1. The van der Waals surface area contributed by atoms with Crippen molar-refractivity contribution in [2.24, 2.45) is 5.92 Å². The zero-order valence-electron chi connectivity index (χ0n) is 11.8. The van der Waals surface area contributed by atoms with Crippen LogP contribution in [0.4, 0.5) is 0 Å². The molecule has 0 radical (unpaired) electrons. The molecule has 3 heterocycles. The van der Waals surface area contributed by atoms with E-state index in [9.17, 15) is 8.42 Å². The summed E-state index contributed by atoms with van der Waals surface area (Å²) in [4.78, 5) is 8.04. The van der Waals surface area contributed by atoms with E-state index in [1.54, 1.807) is 30.7 Å². The first-order chi connectivity index (χ1) is 10.1. The highest BCUT2D eigenvalue weighted by molar-refractivity contribution is 7.89. The van der Waals surface area contributed by atoms with Gasteiger partial charge in [0, 0.05) is 31.7 Å². The summed E-state index contributed by atoms with van der Waals surface area (Å²) in [6.07, 6.45) is 7.69. The van der Waals surface area contributed by atoms with E-state index in [4.69, 9.17) is 0 Å². The van der Waals surface area contributed by atoms with Gasteiger partial charge in [-0.1, -0.05) is 13.0 Å². The average molecular weight is 306 g/mol. The van der Waals surface area contributed by atoms with Gasteiger partial charge in [0.25, 0.3) is 10.0 Å². The lowest BCUT2D eigenvalue weighted by Gasteiger charge is -2.36. The van der Waals surface area contributed by atoms with Crippen molar-refractivity contribution in [3.63, 3.8) is 0 Å². The van der Waals surface area contributed by atoms with E-state index in [-0.39, 0.29) is 11.1 Å². The fourth-order valence-electron chi connectivity index (χ4n) is 2.72. The number of piperidine rings is 1. The molecule has 2 aromatic heterocycles. The molecule has 0 aliphatic carbocycles. The highest BCUT2D eigenvalue weighted by Crippen LogP contribution is 2.30. The maximum Gasteiger partial charge on any atom is 0.260 e. The Kier molecular flexibility index (Phi) is 3.77. The maximum atomic E-state index is 12.6. The third-order valence-electron chi connectivity index (χ3n) is 4.03. The van der Waals surface area contributed by atoms with E-state index < -0.39 is 10.0 Å². The molecule has 3 rings (SSSR count). The zero-order valence-corrected chi connectivity index (χ0v) is 12.6. The Bertz CT molecular complexity index is 685. The smallest absolute Gasteiger partial charge is 0.260 e. The summed E-state index contributed by atoms with van der Waals surface area (Å²) in [5.74, 6) is 0.411. The second kappa shape index (κ2) is 5.57. The molecule has 0 N–H and O–H groups in total. The Hall–Kier alpha value is -1.73. The van der Waals surface area contributed by atoms with Crippen molar-refractivity contribution in [3.05, 3.63) is 43.1 Å². The van der Waals surface area contributed by atoms with Crippen LogP contribution in [0.25, 0.3) is 0 Å². The number of hydrogen-bond acceptors (Lipinski definition) is 4. The minimum atomic E-state index is -3.52. The molecule has 2 unspecified atom stereocenters. The Morgan fingerprint density at radius 3 is 2.81 bits per heavy atom. The van der Waals surface area contributed by atoms with Gasteiger partial charge < -0.3 is 4.57 Å². The number of aromatic nitrogens is 3. The lowest BCUT2D eigenvalue weighted by molar-refractivity contribution is 0.200. The largest absolute Gasteiger partial charge is 0.333 e. The van der Waals surface area contributed by atoms with Crippen molar-refractivity contribution in [1.29, 1.82) is 0 Å². The number of sulfonamides is 1. The molecule has 6 nitrogen and oxygen atoms in total. The second-order valence-corrected chi connectivity index (χ2v) is 7.26. The molecule has 1 fully saturated rings. The van der Waals surface area contributed by atoms with Crippen LogP contribution in [0.15, 0.2) is 48.1 Å². The molecular weight excluding hydrogens is 288 g/mol. The van der Waals surface area contributed by atoms with E-state index >= 15 is 0 Å². The fraction of sp³-hybridized carbons (Fsp3) is 0.429. The van der Waals surface area contributed by atoms with Gasteiger partial charge in [0.1, 0.15) is 0 Å². The maximum absolute atomic E-state index is 12.6. The quantitative estimate of drug-likeness (QED) is 0.863. The standard InChI is InChI=1S/C14H18N4O2S/c1-12-5-8-18(10-13(12)17-9-7-15-11-17)21(19,20)14-4-2-3-6-16-14/h2-4,6-7,9,11-13H,5,8,10H2,1H3. The Morgan fingerprint density at radius 1 is 1.29 bits per heavy atom. The van der Waals surface area contributed by atoms with Gasteiger partial charge in [-0.15, -0.1) is 0 Å². The molecule has 0 spiro atoms. The lowest BCUT2D eigenvalue weighted by Crippen LogP contribution is -2.43. The minimum Gasteiger partial charge on any atom is -0.333 e. The van der Waals surface area contributed by atoms with Crippen molar-refractivity contribution >= 4 is 10.0 Å². The van der Waals surface area contributed by atoms with Crippen LogP contribution in [0.3, 0.4) is 0 Å². The Balaban J connectivity index is 1.87. The predicted molar refractivity (Wildman–Crippen MR) is 78.0 cm³/mol. The van der Waals surface area contributed by atoms with Gasteiger partial charge in [0.05, 0.1) is 12.4 Å². The molecule has 2 aromatic rings. The Morgan fingerprint density at radius 2 is 2.14 bits per heavy atom. The predicted octanol–water partition coefficient (Wildman–Crippen LogP) is 1.55. The van der Waals surface area contributed by atoms with Gasteiger partial charge in [-0.2, -0.15) is 4.31 Å². The van der Waals surface area contributed by atoms with Crippen molar-refractivity contribution in [3.8, 4) is 0 Å². The SMILES string of the molecule is CC1CCN(S(=O)(=O)c2ccccn2)CC1n1ccnc1. The van der Waals surface area contributed by atoms with Gasteiger partial charge in [-0.25, -0.2) is 18.4 Å². The first kappa shape index (κ1) is 14.2. The molecule has 7 heteroatoms. The molecule has 1 aliphatic rings. The summed E-state index contributed by atoms with van der Waals surface area (Å²) in [7, 11) is -3.52. The van der Waals surface area contributed by atoms with Crippen LogP contribution in [0.2, 0.25) is 0 Å². The molecule has 0 amide bonds. The molecular formula is C14H18N4O2S. The van der Waals surface area contributed by atoms with Crippen molar-refractivity contribution in [1.82, 2.24) is 18.8 Å². The van der Waals surface area contributed by atoms with Gasteiger partial charge in [0.15, 0.2) is 5.03 Å². The summed E-state index contributed by atoms with van der Waals surface area (Å²) >= 11 is 0. The van der Waals surface area contributed by atoms with Crippen molar-refractivity contribution in [2.45, 2.75) is 24.4 Å². The number of imidazole rings is 1. The van der Waals surface area contributed by atoms with Crippen LogP contribution >= 0.6 is 0 Å². The van der Waals surface area contributed by atoms with E-state index in [1.165, 1.54) is 10.5 Å². The van der Waals surface area contributed by atoms with Crippen LogP contribution in [0.1, 0.15) is 19.4 Å².